The maximum Gasteiger partial charge on any atom is 0.163 e. The molecule has 0 radical (unpaired) electrons. The van der Waals surface area contributed by atoms with Gasteiger partial charge in [0.05, 0.1) is 28.1 Å². The van der Waals surface area contributed by atoms with Gasteiger partial charge >= 0.3 is 0 Å². The van der Waals surface area contributed by atoms with E-state index in [-0.39, 0.29) is 23.6 Å². The summed E-state index contributed by atoms with van der Waals surface area (Å²) in [6, 6.07) is 4.43. The molecule has 0 unspecified atom stereocenters. The number of hydrogen-bond acceptors (Lipinski definition) is 8. The van der Waals surface area contributed by atoms with Crippen LogP contribution in [0.4, 0.5) is 4.39 Å². The number of aliphatic hydroxyl groups is 1. The van der Waals surface area contributed by atoms with Gasteiger partial charge in [0.15, 0.2) is 5.82 Å². The molecule has 9 heteroatoms. The Balaban J connectivity index is 2.04. The van der Waals surface area contributed by atoms with E-state index in [0.717, 1.165) is 29.7 Å². The number of aromatic nitrogens is 3. The van der Waals surface area contributed by atoms with E-state index in [9.17, 15) is 5.11 Å². The van der Waals surface area contributed by atoms with Crippen LogP contribution < -0.4 is 10.1 Å². The molecule has 0 aliphatic rings. The molecule has 3 rings (SSSR count). The first-order valence-electron chi connectivity index (χ1n) is 12.2. The van der Waals surface area contributed by atoms with Crippen molar-refractivity contribution in [3.63, 3.8) is 0 Å². The first-order valence-corrected chi connectivity index (χ1v) is 12.2. The number of aryl methyl sites for hydroxylation is 3. The van der Waals surface area contributed by atoms with Gasteiger partial charge in [-0.3, -0.25) is 0 Å². The van der Waals surface area contributed by atoms with Crippen LogP contribution >= 0.6 is 0 Å². The topological polar surface area (TPSA) is 103 Å². The van der Waals surface area contributed by atoms with Crippen molar-refractivity contribution in [2.75, 3.05) is 27.3 Å². The Hall–Kier alpha value is -2.88. The lowest BCUT2D eigenvalue weighted by molar-refractivity contribution is 0.0139. The molecule has 3 aromatic rings. The van der Waals surface area contributed by atoms with Gasteiger partial charge < -0.3 is 24.4 Å². The van der Waals surface area contributed by atoms with Gasteiger partial charge in [0.1, 0.15) is 30.0 Å². The fraction of sp³-hybridized carbons (Fsp3) is 0.519. The molecule has 2 aromatic heterocycles. The summed E-state index contributed by atoms with van der Waals surface area (Å²) in [5.41, 5.74) is 3.89. The molecule has 0 amide bonds. The number of halogens is 1. The Labute approximate surface area is 212 Å². The van der Waals surface area contributed by atoms with Crippen molar-refractivity contribution in [3.05, 3.63) is 46.7 Å². The highest BCUT2D eigenvalue weighted by Crippen LogP contribution is 2.33. The summed E-state index contributed by atoms with van der Waals surface area (Å²) in [5, 5.41) is 16.9. The highest BCUT2D eigenvalue weighted by atomic mass is 19.1. The third-order valence-corrected chi connectivity index (χ3v) is 6.32. The zero-order chi connectivity index (χ0) is 26.5. The van der Waals surface area contributed by atoms with Crippen molar-refractivity contribution in [1.29, 1.82) is 0 Å². The molecule has 196 valence electrons. The summed E-state index contributed by atoms with van der Waals surface area (Å²) >= 11 is 0. The van der Waals surface area contributed by atoms with E-state index in [0.29, 0.717) is 35.9 Å². The number of benzene rings is 1. The highest BCUT2D eigenvalue weighted by Gasteiger charge is 2.22. The molecule has 36 heavy (non-hydrogen) atoms. The molecule has 2 N–H and O–H groups in total. The summed E-state index contributed by atoms with van der Waals surface area (Å²) in [4.78, 5) is 9.56. The summed E-state index contributed by atoms with van der Waals surface area (Å²) in [5.74, 6) is 0.865. The fourth-order valence-corrected chi connectivity index (χ4v) is 4.03. The van der Waals surface area contributed by atoms with E-state index in [1.807, 2.05) is 20.8 Å². The molecular formula is C27H37FN4O4. The second-order valence-electron chi connectivity index (χ2n) is 9.65. The largest absolute Gasteiger partial charge is 0.491 e. The normalized spacial score (nSPS) is 12.7. The molecule has 0 aliphatic carbocycles. The van der Waals surface area contributed by atoms with Crippen LogP contribution in [-0.2, 0) is 11.2 Å². The molecule has 2 heterocycles. The lowest BCUT2D eigenvalue weighted by Crippen LogP contribution is -2.29. The van der Waals surface area contributed by atoms with Crippen LogP contribution in [0.1, 0.15) is 49.4 Å². The number of nitrogens with one attached hydrogen (secondary N) is 1. The zero-order valence-corrected chi connectivity index (χ0v) is 22.2. The van der Waals surface area contributed by atoms with Gasteiger partial charge in [-0.25, -0.2) is 14.4 Å². The molecule has 1 atom stereocenters. The molecule has 8 nitrogen and oxygen atoms in total. The van der Waals surface area contributed by atoms with Gasteiger partial charge in [-0.1, -0.05) is 5.16 Å². The summed E-state index contributed by atoms with van der Waals surface area (Å²) in [6.45, 7) is 10.2. The first-order chi connectivity index (χ1) is 17.1. The van der Waals surface area contributed by atoms with Crippen LogP contribution in [0, 0.1) is 26.6 Å². The standard InChI is InChI=1S/C27H37FN4O4/c1-16-23(9-8-12-27(4,5)34-7)30-26(31-25(16)24-17(2)32-36-18(24)3)21-13-20(10-11-22(21)28)35-15-19(33)14-29-6/h10-11,13,19,29,33H,8-9,12,14-15H2,1-7H3/t19-/m0/s1. The number of methoxy groups -OCH3 is 1. The second-order valence-corrected chi connectivity index (χ2v) is 9.65. The predicted octanol–water partition coefficient (Wildman–Crippen LogP) is 4.57. The number of nitrogens with zero attached hydrogens (tertiary/aromatic N) is 3. The Morgan fingerprint density at radius 2 is 1.94 bits per heavy atom. The average Bonchev–Trinajstić information content (AvgIpc) is 3.17. The number of aliphatic hydroxyl groups excluding tert-OH is 1. The Bertz CT molecular complexity index is 1160. The van der Waals surface area contributed by atoms with Crippen LogP contribution in [-0.4, -0.2) is 59.2 Å². The van der Waals surface area contributed by atoms with Crippen molar-refractivity contribution in [1.82, 2.24) is 20.4 Å². The minimum atomic E-state index is -0.687. The van der Waals surface area contributed by atoms with E-state index in [2.05, 4.69) is 24.3 Å². The SMILES string of the molecule is CNC[C@H](O)COc1ccc(F)c(-c2nc(CCCC(C)(C)OC)c(C)c(-c3c(C)noc3C)n2)c1. The zero-order valence-electron chi connectivity index (χ0n) is 22.2. The summed E-state index contributed by atoms with van der Waals surface area (Å²) in [6.07, 6.45) is 1.68. The minimum Gasteiger partial charge on any atom is -0.491 e. The highest BCUT2D eigenvalue weighted by molar-refractivity contribution is 5.71. The minimum absolute atomic E-state index is 0.0749. The maximum absolute atomic E-state index is 15.1. The van der Waals surface area contributed by atoms with Crippen LogP contribution in [0.2, 0.25) is 0 Å². The molecule has 0 fully saturated rings. The van der Waals surface area contributed by atoms with Crippen molar-refractivity contribution >= 4 is 0 Å². The van der Waals surface area contributed by atoms with E-state index in [1.165, 1.54) is 12.1 Å². The maximum atomic E-state index is 15.1. The lowest BCUT2D eigenvalue weighted by Gasteiger charge is -2.22. The van der Waals surface area contributed by atoms with Crippen LogP contribution in [0.5, 0.6) is 5.75 Å². The number of ether oxygens (including phenoxy) is 2. The smallest absolute Gasteiger partial charge is 0.163 e. The average molecular weight is 501 g/mol. The van der Waals surface area contributed by atoms with Crippen LogP contribution in [0.25, 0.3) is 22.6 Å². The third-order valence-electron chi connectivity index (χ3n) is 6.32. The van der Waals surface area contributed by atoms with Gasteiger partial charge in [0.25, 0.3) is 0 Å². The Kier molecular flexibility index (Phi) is 9.16. The number of likely N-dealkylation sites (N-methyl/N-ethyl adjacent to an activating group) is 1. The first kappa shape index (κ1) is 27.7. The summed E-state index contributed by atoms with van der Waals surface area (Å²) < 4.78 is 31.7. The Morgan fingerprint density at radius 3 is 2.58 bits per heavy atom. The fourth-order valence-electron chi connectivity index (χ4n) is 4.03. The second kappa shape index (κ2) is 11.9. The van der Waals surface area contributed by atoms with Crippen molar-refractivity contribution < 1.29 is 23.5 Å². The van der Waals surface area contributed by atoms with Crippen molar-refractivity contribution in [2.45, 2.75) is 65.6 Å². The van der Waals surface area contributed by atoms with E-state index >= 15 is 4.39 Å². The molecule has 0 saturated carbocycles. The Morgan fingerprint density at radius 1 is 1.19 bits per heavy atom. The van der Waals surface area contributed by atoms with Crippen molar-refractivity contribution in [3.8, 4) is 28.4 Å². The molecular weight excluding hydrogens is 463 g/mol. The lowest BCUT2D eigenvalue weighted by atomic mass is 9.97. The van der Waals surface area contributed by atoms with Gasteiger partial charge in [0.2, 0.25) is 0 Å². The molecule has 0 aliphatic heterocycles. The molecule has 0 bridgehead atoms. The summed E-state index contributed by atoms with van der Waals surface area (Å²) in [7, 11) is 3.46. The third kappa shape index (κ3) is 6.66. The number of rotatable bonds is 12. The number of hydrogen-bond donors (Lipinski definition) is 2. The van der Waals surface area contributed by atoms with Crippen molar-refractivity contribution in [2.24, 2.45) is 0 Å². The molecule has 0 spiro atoms. The molecule has 1 aromatic carbocycles. The van der Waals surface area contributed by atoms with Gasteiger partial charge in [-0.05, 0) is 84.7 Å². The van der Waals surface area contributed by atoms with Crippen LogP contribution in [0.3, 0.4) is 0 Å². The van der Waals surface area contributed by atoms with Gasteiger partial charge in [-0.2, -0.15) is 0 Å². The quantitative estimate of drug-likeness (QED) is 0.373. The molecule has 0 saturated heterocycles. The predicted molar refractivity (Wildman–Crippen MR) is 137 cm³/mol. The monoisotopic (exact) mass is 500 g/mol. The van der Waals surface area contributed by atoms with E-state index < -0.39 is 11.9 Å². The van der Waals surface area contributed by atoms with E-state index in [4.69, 9.17) is 24.0 Å². The van der Waals surface area contributed by atoms with E-state index in [1.54, 1.807) is 20.2 Å². The van der Waals surface area contributed by atoms with Gasteiger partial charge in [0, 0.05) is 19.3 Å². The van der Waals surface area contributed by atoms with Crippen LogP contribution in [0.15, 0.2) is 22.7 Å². The van der Waals surface area contributed by atoms with Gasteiger partial charge in [-0.15, -0.1) is 0 Å².